The Morgan fingerprint density at radius 3 is 2.57 bits per heavy atom. The number of aliphatic hydroxyl groups is 1. The molecule has 0 amide bonds. The molecular weight excluding hydrogens is 211 g/mol. The maximum absolute atomic E-state index is 12.7. The van der Waals surface area contributed by atoms with Crippen molar-refractivity contribution in [2.45, 2.75) is 6.42 Å². The van der Waals surface area contributed by atoms with Gasteiger partial charge in [0.15, 0.2) is 0 Å². The first kappa shape index (κ1) is 12.9. The number of halogens is 2. The van der Waals surface area contributed by atoms with Crippen LogP contribution in [0.1, 0.15) is 15.9 Å². The first-order chi connectivity index (χ1) is 6.15. The fourth-order valence-electron chi connectivity index (χ4n) is 1.10. The standard InChI is InChI=1S/C9H9FO3.ClH/c10-7-1-2-8(9(12)13)6(5-7)3-4-11;/h1-2,5,11H,3-4H2,(H,12,13);1H. The predicted octanol–water partition coefficient (Wildman–Crippen LogP) is 1.48. The Balaban J connectivity index is 0.00000169. The Bertz CT molecular complexity index is 328. The molecule has 0 bridgehead atoms. The van der Waals surface area contributed by atoms with Crippen molar-refractivity contribution < 1.29 is 19.4 Å². The fraction of sp³-hybridized carbons (Fsp3) is 0.222. The Labute approximate surface area is 86.6 Å². The molecular formula is C9H10ClFO3. The van der Waals surface area contributed by atoms with Gasteiger partial charge in [-0.2, -0.15) is 0 Å². The van der Waals surface area contributed by atoms with Crippen LogP contribution >= 0.6 is 12.4 Å². The number of benzene rings is 1. The van der Waals surface area contributed by atoms with Gasteiger partial charge in [-0.05, 0) is 30.2 Å². The van der Waals surface area contributed by atoms with E-state index in [9.17, 15) is 9.18 Å². The summed E-state index contributed by atoms with van der Waals surface area (Å²) in [6.07, 6.45) is 0.152. The van der Waals surface area contributed by atoms with Gasteiger partial charge in [-0.1, -0.05) is 0 Å². The minimum atomic E-state index is -1.11. The van der Waals surface area contributed by atoms with Crippen molar-refractivity contribution in [3.05, 3.63) is 35.1 Å². The topological polar surface area (TPSA) is 57.5 Å². The van der Waals surface area contributed by atoms with Crippen LogP contribution in [0, 0.1) is 5.82 Å². The van der Waals surface area contributed by atoms with Crippen molar-refractivity contribution >= 4 is 18.4 Å². The third-order valence-corrected chi connectivity index (χ3v) is 1.68. The third-order valence-electron chi connectivity index (χ3n) is 1.68. The van der Waals surface area contributed by atoms with E-state index in [1.54, 1.807) is 0 Å². The van der Waals surface area contributed by atoms with Crippen LogP contribution in [0.5, 0.6) is 0 Å². The monoisotopic (exact) mass is 220 g/mol. The average molecular weight is 221 g/mol. The number of aromatic carboxylic acids is 1. The van der Waals surface area contributed by atoms with Crippen LogP contribution < -0.4 is 0 Å². The molecule has 0 unspecified atom stereocenters. The Morgan fingerprint density at radius 1 is 1.43 bits per heavy atom. The van der Waals surface area contributed by atoms with Crippen molar-refractivity contribution in [3.63, 3.8) is 0 Å². The molecule has 3 nitrogen and oxygen atoms in total. The van der Waals surface area contributed by atoms with E-state index in [2.05, 4.69) is 0 Å². The molecule has 0 aromatic heterocycles. The average Bonchev–Trinajstić information content (AvgIpc) is 2.04. The SMILES string of the molecule is Cl.O=C(O)c1ccc(F)cc1CCO. The summed E-state index contributed by atoms with van der Waals surface area (Å²) < 4.78 is 12.7. The van der Waals surface area contributed by atoms with Crippen molar-refractivity contribution in [2.24, 2.45) is 0 Å². The number of carboxylic acid groups (broad SMARTS) is 1. The minimum Gasteiger partial charge on any atom is -0.478 e. The van der Waals surface area contributed by atoms with E-state index in [0.29, 0.717) is 5.56 Å². The van der Waals surface area contributed by atoms with Crippen LogP contribution in [-0.4, -0.2) is 22.8 Å². The van der Waals surface area contributed by atoms with Crippen molar-refractivity contribution in [1.82, 2.24) is 0 Å². The third kappa shape index (κ3) is 2.97. The maximum Gasteiger partial charge on any atom is 0.335 e. The highest BCUT2D eigenvalue weighted by Gasteiger charge is 2.09. The van der Waals surface area contributed by atoms with Gasteiger partial charge in [-0.25, -0.2) is 9.18 Å². The summed E-state index contributed by atoms with van der Waals surface area (Å²) in [4.78, 5) is 10.6. The smallest absolute Gasteiger partial charge is 0.335 e. The molecule has 0 aliphatic carbocycles. The first-order valence-corrected chi connectivity index (χ1v) is 3.77. The maximum atomic E-state index is 12.7. The summed E-state index contributed by atoms with van der Waals surface area (Å²) in [5.41, 5.74) is 0.352. The molecule has 0 saturated heterocycles. The van der Waals surface area contributed by atoms with Gasteiger partial charge in [0.25, 0.3) is 0 Å². The van der Waals surface area contributed by atoms with Crippen LogP contribution in [0.2, 0.25) is 0 Å². The molecule has 1 rings (SSSR count). The lowest BCUT2D eigenvalue weighted by molar-refractivity contribution is 0.0695. The number of carbonyl (C=O) groups is 1. The summed E-state index contributed by atoms with van der Waals surface area (Å²) >= 11 is 0. The predicted molar refractivity (Wildman–Crippen MR) is 51.4 cm³/mol. The van der Waals surface area contributed by atoms with Crippen LogP contribution in [0.4, 0.5) is 4.39 Å². The molecule has 0 aliphatic heterocycles. The second-order valence-corrected chi connectivity index (χ2v) is 2.58. The van der Waals surface area contributed by atoms with Crippen molar-refractivity contribution in [1.29, 1.82) is 0 Å². The van der Waals surface area contributed by atoms with Gasteiger partial charge in [-0.15, -0.1) is 12.4 Å². The lowest BCUT2D eigenvalue weighted by Gasteiger charge is -2.03. The second-order valence-electron chi connectivity index (χ2n) is 2.58. The molecule has 0 atom stereocenters. The summed E-state index contributed by atoms with van der Waals surface area (Å²) in [5, 5.41) is 17.3. The highest BCUT2D eigenvalue weighted by atomic mass is 35.5. The number of rotatable bonds is 3. The van der Waals surface area contributed by atoms with E-state index in [1.165, 1.54) is 6.07 Å². The highest BCUT2D eigenvalue weighted by Crippen LogP contribution is 2.11. The Morgan fingerprint density at radius 2 is 2.07 bits per heavy atom. The second kappa shape index (κ2) is 5.57. The van der Waals surface area contributed by atoms with E-state index < -0.39 is 11.8 Å². The molecule has 0 saturated carbocycles. The van der Waals surface area contributed by atoms with Crippen molar-refractivity contribution in [3.8, 4) is 0 Å². The number of hydrogen-bond donors (Lipinski definition) is 2. The fourth-order valence-corrected chi connectivity index (χ4v) is 1.10. The lowest BCUT2D eigenvalue weighted by atomic mass is 10.1. The zero-order valence-corrected chi connectivity index (χ0v) is 8.05. The largest absolute Gasteiger partial charge is 0.478 e. The first-order valence-electron chi connectivity index (χ1n) is 3.77. The van der Waals surface area contributed by atoms with E-state index in [-0.39, 0.29) is 31.0 Å². The number of carboxylic acids is 1. The summed E-state index contributed by atoms with van der Waals surface area (Å²) in [5.74, 6) is -1.60. The molecule has 14 heavy (non-hydrogen) atoms. The van der Waals surface area contributed by atoms with E-state index in [1.807, 2.05) is 0 Å². The van der Waals surface area contributed by atoms with E-state index >= 15 is 0 Å². The minimum absolute atomic E-state index is 0. The van der Waals surface area contributed by atoms with E-state index in [4.69, 9.17) is 10.2 Å². The van der Waals surface area contributed by atoms with Gasteiger partial charge in [0.2, 0.25) is 0 Å². The molecule has 0 aliphatic rings. The summed E-state index contributed by atoms with van der Waals surface area (Å²) in [7, 11) is 0. The summed E-state index contributed by atoms with van der Waals surface area (Å²) in [6.45, 7) is -0.191. The lowest BCUT2D eigenvalue weighted by Crippen LogP contribution is -2.04. The quantitative estimate of drug-likeness (QED) is 0.811. The normalized spacial score (nSPS) is 9.29. The van der Waals surface area contributed by atoms with Gasteiger partial charge in [-0.3, -0.25) is 0 Å². The molecule has 78 valence electrons. The van der Waals surface area contributed by atoms with Gasteiger partial charge < -0.3 is 10.2 Å². The zero-order chi connectivity index (χ0) is 9.84. The van der Waals surface area contributed by atoms with Crippen LogP contribution in [0.3, 0.4) is 0 Å². The molecule has 1 aromatic rings. The van der Waals surface area contributed by atoms with Crippen LogP contribution in [-0.2, 0) is 6.42 Å². The number of hydrogen-bond acceptors (Lipinski definition) is 2. The molecule has 0 radical (unpaired) electrons. The number of aliphatic hydroxyl groups excluding tert-OH is 1. The Kier molecular flexibility index (Phi) is 5.12. The zero-order valence-electron chi connectivity index (χ0n) is 7.24. The van der Waals surface area contributed by atoms with Gasteiger partial charge in [0.05, 0.1) is 5.56 Å². The molecule has 0 spiro atoms. The highest BCUT2D eigenvalue weighted by molar-refractivity contribution is 5.89. The molecule has 2 N–H and O–H groups in total. The molecule has 0 heterocycles. The molecule has 0 fully saturated rings. The van der Waals surface area contributed by atoms with Gasteiger partial charge in [0, 0.05) is 6.61 Å². The summed E-state index contributed by atoms with van der Waals surface area (Å²) in [6, 6.07) is 3.41. The van der Waals surface area contributed by atoms with Gasteiger partial charge in [0.1, 0.15) is 5.82 Å². The van der Waals surface area contributed by atoms with Crippen LogP contribution in [0.25, 0.3) is 0 Å². The van der Waals surface area contributed by atoms with Crippen LogP contribution in [0.15, 0.2) is 18.2 Å². The molecule has 1 aromatic carbocycles. The Hall–Kier alpha value is -1.13. The van der Waals surface area contributed by atoms with E-state index in [0.717, 1.165) is 12.1 Å². The molecule has 5 heteroatoms. The van der Waals surface area contributed by atoms with Crippen molar-refractivity contribution in [2.75, 3.05) is 6.61 Å². The van der Waals surface area contributed by atoms with Gasteiger partial charge >= 0.3 is 5.97 Å².